The van der Waals surface area contributed by atoms with Gasteiger partial charge in [0, 0.05) is 38.3 Å². The van der Waals surface area contributed by atoms with Gasteiger partial charge in [0.1, 0.15) is 23.1 Å². The molecule has 1 aliphatic rings. The summed E-state index contributed by atoms with van der Waals surface area (Å²) < 4.78 is 76.4. The molecule has 4 rings (SSSR count). The maximum absolute atomic E-state index is 14.7. The minimum absolute atomic E-state index is 0.0160. The van der Waals surface area contributed by atoms with Crippen LogP contribution < -0.4 is 4.90 Å². The van der Waals surface area contributed by atoms with E-state index in [4.69, 9.17) is 4.74 Å². The third-order valence-corrected chi connectivity index (χ3v) is 5.44. The standard InChI is InChI=1S/C23H23F5N4O2/c1-22(2,3)34-21(33)32-16-8-9-31(19-11-18(23(26,27)28)29-30(19)4)12-13(16)10-17(32)20-14(24)6-5-7-15(20)25/h5-7,10-11H,8-9,12H2,1-4H3. The Morgan fingerprint density at radius 3 is 2.29 bits per heavy atom. The molecule has 1 aliphatic heterocycles. The van der Waals surface area contributed by atoms with Crippen LogP contribution in [0.25, 0.3) is 11.3 Å². The molecule has 3 aromatic rings. The molecule has 1 aromatic carbocycles. The first-order valence-corrected chi connectivity index (χ1v) is 10.5. The van der Waals surface area contributed by atoms with Crippen molar-refractivity contribution in [2.45, 2.75) is 45.5 Å². The molecule has 2 aromatic heterocycles. The lowest BCUT2D eigenvalue weighted by Crippen LogP contribution is -2.34. The molecule has 0 unspecified atom stereocenters. The third kappa shape index (κ3) is 4.38. The van der Waals surface area contributed by atoms with Gasteiger partial charge in [-0.2, -0.15) is 18.3 Å². The summed E-state index contributed by atoms with van der Waals surface area (Å²) in [6, 6.07) is 5.83. The molecule has 0 saturated carbocycles. The van der Waals surface area contributed by atoms with Gasteiger partial charge in [-0.25, -0.2) is 18.1 Å². The Kier molecular flexibility index (Phi) is 5.69. The SMILES string of the molecule is Cn1nc(C(F)(F)F)cc1N1CCc2c(cc(-c3c(F)cccc3F)n2C(=O)OC(C)(C)C)C1. The summed E-state index contributed by atoms with van der Waals surface area (Å²) in [5, 5.41) is 3.55. The van der Waals surface area contributed by atoms with E-state index in [0.29, 0.717) is 11.3 Å². The quantitative estimate of drug-likeness (QED) is 0.451. The zero-order valence-electron chi connectivity index (χ0n) is 19.0. The molecule has 0 bridgehead atoms. The Morgan fingerprint density at radius 2 is 1.74 bits per heavy atom. The molecule has 0 saturated heterocycles. The second-order valence-electron chi connectivity index (χ2n) is 9.09. The summed E-state index contributed by atoms with van der Waals surface area (Å²) in [5.74, 6) is -1.46. The number of alkyl halides is 3. The molecular weight excluding hydrogens is 459 g/mol. The maximum Gasteiger partial charge on any atom is 0.435 e. The van der Waals surface area contributed by atoms with Crippen molar-refractivity contribution in [3.05, 3.63) is 58.9 Å². The molecule has 182 valence electrons. The van der Waals surface area contributed by atoms with E-state index in [0.717, 1.165) is 27.4 Å². The molecule has 11 heteroatoms. The van der Waals surface area contributed by atoms with Crippen molar-refractivity contribution in [3.63, 3.8) is 0 Å². The zero-order chi connectivity index (χ0) is 25.0. The van der Waals surface area contributed by atoms with E-state index in [1.165, 1.54) is 19.2 Å². The molecule has 0 aliphatic carbocycles. The van der Waals surface area contributed by atoms with Crippen LogP contribution in [0, 0.1) is 11.6 Å². The van der Waals surface area contributed by atoms with Crippen LogP contribution in [0.4, 0.5) is 32.6 Å². The molecule has 0 N–H and O–H groups in total. The number of carbonyl (C=O) groups is 1. The average Bonchev–Trinajstić information content (AvgIpc) is 3.26. The summed E-state index contributed by atoms with van der Waals surface area (Å²) in [7, 11) is 1.41. The van der Waals surface area contributed by atoms with Crippen LogP contribution in [-0.4, -0.2) is 32.6 Å². The molecule has 0 atom stereocenters. The number of hydrogen-bond donors (Lipinski definition) is 0. The number of carbonyl (C=O) groups excluding carboxylic acids is 1. The van der Waals surface area contributed by atoms with Crippen LogP contribution in [0.15, 0.2) is 30.3 Å². The number of benzene rings is 1. The zero-order valence-corrected chi connectivity index (χ0v) is 19.0. The van der Waals surface area contributed by atoms with Gasteiger partial charge in [-0.3, -0.25) is 4.68 Å². The Bertz CT molecular complexity index is 1230. The third-order valence-electron chi connectivity index (χ3n) is 5.44. The Morgan fingerprint density at radius 1 is 1.09 bits per heavy atom. The van der Waals surface area contributed by atoms with Crippen LogP contribution in [-0.2, 0) is 30.9 Å². The van der Waals surface area contributed by atoms with Gasteiger partial charge in [0.05, 0.1) is 11.3 Å². The highest BCUT2D eigenvalue weighted by molar-refractivity contribution is 5.81. The van der Waals surface area contributed by atoms with Crippen molar-refractivity contribution in [3.8, 4) is 11.3 Å². The number of nitrogens with zero attached hydrogens (tertiary/aromatic N) is 4. The highest BCUT2D eigenvalue weighted by Gasteiger charge is 2.36. The lowest BCUT2D eigenvalue weighted by atomic mass is 10.1. The fraction of sp³-hybridized carbons (Fsp3) is 0.391. The molecule has 6 nitrogen and oxygen atoms in total. The van der Waals surface area contributed by atoms with Gasteiger partial charge in [0.25, 0.3) is 0 Å². The van der Waals surface area contributed by atoms with Crippen molar-refractivity contribution >= 4 is 11.9 Å². The molecule has 34 heavy (non-hydrogen) atoms. The van der Waals surface area contributed by atoms with Gasteiger partial charge in [-0.1, -0.05) is 6.07 Å². The Hall–Kier alpha value is -3.37. The molecule has 0 spiro atoms. The molecule has 0 amide bonds. The second-order valence-corrected chi connectivity index (χ2v) is 9.09. The van der Waals surface area contributed by atoms with Crippen molar-refractivity contribution in [2.75, 3.05) is 11.4 Å². The first kappa shape index (κ1) is 23.8. The van der Waals surface area contributed by atoms with E-state index in [9.17, 15) is 26.7 Å². The number of anilines is 1. The van der Waals surface area contributed by atoms with Crippen LogP contribution in [0.5, 0.6) is 0 Å². The Labute approximate surface area is 192 Å². The van der Waals surface area contributed by atoms with E-state index in [2.05, 4.69) is 5.10 Å². The summed E-state index contributed by atoms with van der Waals surface area (Å²) in [4.78, 5) is 14.7. The normalized spacial score (nSPS) is 14.3. The number of halogens is 5. The first-order chi connectivity index (χ1) is 15.8. The number of ether oxygens (including phenoxy) is 1. The molecular formula is C23H23F5N4O2. The van der Waals surface area contributed by atoms with Crippen LogP contribution >= 0.6 is 0 Å². The summed E-state index contributed by atoms with van der Waals surface area (Å²) >= 11 is 0. The first-order valence-electron chi connectivity index (χ1n) is 10.5. The van der Waals surface area contributed by atoms with Crippen molar-refractivity contribution < 1.29 is 31.5 Å². The lowest BCUT2D eigenvalue weighted by molar-refractivity contribution is -0.141. The Balaban J connectivity index is 1.80. The smallest absolute Gasteiger partial charge is 0.435 e. The average molecular weight is 482 g/mol. The summed E-state index contributed by atoms with van der Waals surface area (Å²) in [5.41, 5.74) is -1.24. The van der Waals surface area contributed by atoms with Gasteiger partial charge in [-0.15, -0.1) is 0 Å². The number of hydrogen-bond acceptors (Lipinski definition) is 4. The van der Waals surface area contributed by atoms with Crippen molar-refractivity contribution in [2.24, 2.45) is 7.05 Å². The predicted octanol–water partition coefficient (Wildman–Crippen LogP) is 5.53. The highest BCUT2D eigenvalue weighted by Crippen LogP contribution is 2.36. The molecule has 0 radical (unpaired) electrons. The van der Waals surface area contributed by atoms with E-state index in [-0.39, 0.29) is 36.6 Å². The monoisotopic (exact) mass is 482 g/mol. The van der Waals surface area contributed by atoms with Gasteiger partial charge >= 0.3 is 12.3 Å². The lowest BCUT2D eigenvalue weighted by Gasteiger charge is -2.29. The fourth-order valence-corrected chi connectivity index (χ4v) is 4.07. The van der Waals surface area contributed by atoms with Gasteiger partial charge in [-0.05, 0) is 44.5 Å². The van der Waals surface area contributed by atoms with Crippen molar-refractivity contribution in [1.29, 1.82) is 0 Å². The van der Waals surface area contributed by atoms with Crippen molar-refractivity contribution in [1.82, 2.24) is 14.3 Å². The highest BCUT2D eigenvalue weighted by atomic mass is 19.4. The van der Waals surface area contributed by atoms with E-state index >= 15 is 0 Å². The summed E-state index contributed by atoms with van der Waals surface area (Å²) in [6.07, 6.45) is -5.15. The van der Waals surface area contributed by atoms with E-state index in [1.807, 2.05) is 0 Å². The molecule has 3 heterocycles. The van der Waals surface area contributed by atoms with E-state index in [1.54, 1.807) is 25.7 Å². The fourth-order valence-electron chi connectivity index (χ4n) is 4.07. The minimum Gasteiger partial charge on any atom is -0.443 e. The maximum atomic E-state index is 14.7. The number of rotatable bonds is 2. The predicted molar refractivity (Wildman–Crippen MR) is 114 cm³/mol. The van der Waals surface area contributed by atoms with Gasteiger partial charge in [0.15, 0.2) is 5.69 Å². The molecule has 0 fully saturated rings. The van der Waals surface area contributed by atoms with Crippen LogP contribution in [0.1, 0.15) is 37.7 Å². The number of fused-ring (bicyclic) bond motifs is 1. The number of aryl methyl sites for hydroxylation is 1. The minimum atomic E-state index is -4.59. The van der Waals surface area contributed by atoms with Gasteiger partial charge in [0.2, 0.25) is 0 Å². The number of aromatic nitrogens is 3. The van der Waals surface area contributed by atoms with Gasteiger partial charge < -0.3 is 9.64 Å². The van der Waals surface area contributed by atoms with Crippen LogP contribution in [0.3, 0.4) is 0 Å². The van der Waals surface area contributed by atoms with E-state index < -0.39 is 35.2 Å². The summed E-state index contributed by atoms with van der Waals surface area (Å²) in [6.45, 7) is 5.40. The second kappa shape index (κ2) is 8.14. The van der Waals surface area contributed by atoms with Crippen LogP contribution in [0.2, 0.25) is 0 Å². The largest absolute Gasteiger partial charge is 0.443 e. The topological polar surface area (TPSA) is 52.3 Å².